The van der Waals surface area contributed by atoms with Crippen LogP contribution in [0.5, 0.6) is 0 Å². The zero-order valence-electron chi connectivity index (χ0n) is 10.3. The molecule has 1 heterocycles. The minimum Gasteiger partial charge on any atom is -0.391 e. The molecule has 4 nitrogen and oxygen atoms in total. The molecule has 0 bridgehead atoms. The number of hydrogen-bond acceptors (Lipinski definition) is 4. The first-order valence-electron chi connectivity index (χ1n) is 5.78. The third-order valence-electron chi connectivity index (χ3n) is 2.43. The fraction of sp³-hybridized carbons (Fsp3) is 0.500. The molecule has 19 heavy (non-hydrogen) atoms. The molecule has 1 aromatic rings. The van der Waals surface area contributed by atoms with E-state index in [4.69, 9.17) is 5.26 Å². The van der Waals surface area contributed by atoms with Crippen LogP contribution in [0.1, 0.15) is 31.0 Å². The Morgan fingerprint density at radius 2 is 2.16 bits per heavy atom. The van der Waals surface area contributed by atoms with Gasteiger partial charge in [-0.2, -0.15) is 18.4 Å². The van der Waals surface area contributed by atoms with Crippen molar-refractivity contribution in [3.63, 3.8) is 0 Å². The molecule has 1 rings (SSSR count). The van der Waals surface area contributed by atoms with Crippen molar-refractivity contribution in [3.05, 3.63) is 23.4 Å². The van der Waals surface area contributed by atoms with E-state index in [0.717, 1.165) is 18.6 Å². The summed E-state index contributed by atoms with van der Waals surface area (Å²) in [7, 11) is 0. The van der Waals surface area contributed by atoms with Gasteiger partial charge in [0.05, 0.1) is 11.7 Å². The van der Waals surface area contributed by atoms with E-state index in [1.54, 1.807) is 6.07 Å². The Balaban J connectivity index is 2.89. The summed E-state index contributed by atoms with van der Waals surface area (Å²) in [4.78, 5) is 3.38. The zero-order valence-corrected chi connectivity index (χ0v) is 10.3. The van der Waals surface area contributed by atoms with Crippen molar-refractivity contribution in [2.75, 3.05) is 11.9 Å². The van der Waals surface area contributed by atoms with Gasteiger partial charge in [0.25, 0.3) is 0 Å². The van der Waals surface area contributed by atoms with Crippen molar-refractivity contribution in [2.45, 2.75) is 32.0 Å². The highest BCUT2D eigenvalue weighted by Crippen LogP contribution is 2.29. The molecule has 0 fully saturated rings. The number of aromatic nitrogens is 1. The Hall–Kier alpha value is -1.81. The second-order valence-electron chi connectivity index (χ2n) is 4.03. The number of rotatable bonds is 5. The van der Waals surface area contributed by atoms with E-state index in [9.17, 15) is 18.3 Å². The normalized spacial score (nSPS) is 12.8. The molecule has 7 heteroatoms. The minimum atomic E-state index is -4.56. The van der Waals surface area contributed by atoms with Gasteiger partial charge in [-0.15, -0.1) is 0 Å². The number of aliphatic hydroxyl groups excluding tert-OH is 1. The Morgan fingerprint density at radius 1 is 1.47 bits per heavy atom. The van der Waals surface area contributed by atoms with Crippen molar-refractivity contribution in [2.24, 2.45) is 0 Å². The van der Waals surface area contributed by atoms with Crippen LogP contribution in [0.15, 0.2) is 12.1 Å². The van der Waals surface area contributed by atoms with Crippen LogP contribution in [0.4, 0.5) is 19.0 Å². The number of anilines is 1. The number of alkyl halides is 3. The summed E-state index contributed by atoms with van der Waals surface area (Å²) in [6.07, 6.45) is -3.97. The van der Waals surface area contributed by atoms with Crippen LogP contribution in [0, 0.1) is 11.3 Å². The molecule has 0 saturated heterocycles. The van der Waals surface area contributed by atoms with Gasteiger partial charge in [0.1, 0.15) is 17.6 Å². The highest BCUT2D eigenvalue weighted by Gasteiger charge is 2.33. The standard InChI is InChI=1S/C12H14F3N3O/c1-2-3-9(19)7-17-11-8(6-16)4-5-10(18-11)12(13,14)15/h4-5,9,19H,2-3,7H2,1H3,(H,17,18). The van der Waals surface area contributed by atoms with Gasteiger partial charge in [0, 0.05) is 6.54 Å². The van der Waals surface area contributed by atoms with E-state index in [1.807, 2.05) is 6.92 Å². The molecule has 0 aliphatic rings. The fourth-order valence-corrected chi connectivity index (χ4v) is 1.49. The van der Waals surface area contributed by atoms with Gasteiger partial charge in [-0.25, -0.2) is 4.98 Å². The second kappa shape index (κ2) is 6.38. The number of nitriles is 1. The topological polar surface area (TPSA) is 68.9 Å². The van der Waals surface area contributed by atoms with Crippen LogP contribution in [0.2, 0.25) is 0 Å². The van der Waals surface area contributed by atoms with E-state index in [1.165, 1.54) is 0 Å². The molecule has 0 aliphatic carbocycles. The molecule has 104 valence electrons. The van der Waals surface area contributed by atoms with Gasteiger partial charge in [0.2, 0.25) is 0 Å². The fourth-order valence-electron chi connectivity index (χ4n) is 1.49. The quantitative estimate of drug-likeness (QED) is 0.865. The molecule has 2 N–H and O–H groups in total. The zero-order chi connectivity index (χ0) is 14.5. The Bertz CT molecular complexity index is 468. The largest absolute Gasteiger partial charge is 0.433 e. The number of halogens is 3. The third-order valence-corrected chi connectivity index (χ3v) is 2.43. The Labute approximate surface area is 108 Å². The number of hydrogen-bond donors (Lipinski definition) is 2. The van der Waals surface area contributed by atoms with E-state index >= 15 is 0 Å². The molecule has 1 atom stereocenters. The molecule has 1 unspecified atom stereocenters. The maximum atomic E-state index is 12.5. The summed E-state index contributed by atoms with van der Waals surface area (Å²) < 4.78 is 37.5. The Kier molecular flexibility index (Phi) is 5.12. The molecule has 0 aliphatic heterocycles. The third kappa shape index (κ3) is 4.41. The molecule has 1 aromatic heterocycles. The van der Waals surface area contributed by atoms with Crippen LogP contribution in [-0.2, 0) is 6.18 Å². The molecule has 0 aromatic carbocycles. The summed E-state index contributed by atoms with van der Waals surface area (Å²) in [5, 5.41) is 20.9. The van der Waals surface area contributed by atoms with Crippen LogP contribution < -0.4 is 5.32 Å². The number of nitrogens with one attached hydrogen (secondary N) is 1. The van der Waals surface area contributed by atoms with Crippen LogP contribution in [0.25, 0.3) is 0 Å². The number of aliphatic hydroxyl groups is 1. The predicted octanol–water partition coefficient (Wildman–Crippen LogP) is 2.54. The van der Waals surface area contributed by atoms with Gasteiger partial charge in [-0.05, 0) is 18.6 Å². The van der Waals surface area contributed by atoms with Crippen LogP contribution >= 0.6 is 0 Å². The van der Waals surface area contributed by atoms with E-state index in [0.29, 0.717) is 6.42 Å². The SMILES string of the molecule is CCCC(O)CNc1nc(C(F)(F)F)ccc1C#N. The first kappa shape index (κ1) is 15.2. The van der Waals surface area contributed by atoms with Gasteiger partial charge in [-0.1, -0.05) is 13.3 Å². The Morgan fingerprint density at radius 3 is 2.68 bits per heavy atom. The first-order chi connectivity index (χ1) is 8.88. The molecule has 0 spiro atoms. The first-order valence-corrected chi connectivity index (χ1v) is 5.78. The monoisotopic (exact) mass is 273 g/mol. The summed E-state index contributed by atoms with van der Waals surface area (Å²) in [5.41, 5.74) is -1.06. The lowest BCUT2D eigenvalue weighted by Gasteiger charge is -2.13. The lowest BCUT2D eigenvalue weighted by molar-refractivity contribution is -0.141. The lowest BCUT2D eigenvalue weighted by atomic mass is 10.2. The van der Waals surface area contributed by atoms with Gasteiger partial charge in [-0.3, -0.25) is 0 Å². The van der Waals surface area contributed by atoms with Crippen LogP contribution in [-0.4, -0.2) is 22.7 Å². The molecular formula is C12H14F3N3O. The average molecular weight is 273 g/mol. The van der Waals surface area contributed by atoms with Gasteiger partial charge < -0.3 is 10.4 Å². The van der Waals surface area contributed by atoms with Gasteiger partial charge in [0.15, 0.2) is 0 Å². The van der Waals surface area contributed by atoms with Crippen LogP contribution in [0.3, 0.4) is 0 Å². The summed E-state index contributed by atoms with van der Waals surface area (Å²) in [6, 6.07) is 3.57. The van der Waals surface area contributed by atoms with Gasteiger partial charge >= 0.3 is 6.18 Å². The maximum absolute atomic E-state index is 12.5. The van der Waals surface area contributed by atoms with Crippen molar-refractivity contribution in [1.29, 1.82) is 5.26 Å². The molecule has 0 amide bonds. The average Bonchev–Trinajstić information content (AvgIpc) is 2.35. The number of pyridine rings is 1. The predicted molar refractivity (Wildman–Crippen MR) is 63.4 cm³/mol. The van der Waals surface area contributed by atoms with Crippen molar-refractivity contribution < 1.29 is 18.3 Å². The lowest BCUT2D eigenvalue weighted by Crippen LogP contribution is -2.21. The highest BCUT2D eigenvalue weighted by molar-refractivity contribution is 5.52. The number of nitrogens with zero attached hydrogens (tertiary/aromatic N) is 2. The highest BCUT2D eigenvalue weighted by atomic mass is 19.4. The summed E-state index contributed by atoms with van der Waals surface area (Å²) in [6.45, 7) is 1.93. The van der Waals surface area contributed by atoms with E-state index < -0.39 is 18.0 Å². The molecular weight excluding hydrogens is 259 g/mol. The van der Waals surface area contributed by atoms with Crippen molar-refractivity contribution >= 4 is 5.82 Å². The van der Waals surface area contributed by atoms with E-state index in [2.05, 4.69) is 10.3 Å². The van der Waals surface area contributed by atoms with Crippen molar-refractivity contribution in [1.82, 2.24) is 4.98 Å². The second-order valence-corrected chi connectivity index (χ2v) is 4.03. The smallest absolute Gasteiger partial charge is 0.391 e. The molecule has 0 saturated carbocycles. The minimum absolute atomic E-state index is 0.0108. The summed E-state index contributed by atoms with van der Waals surface area (Å²) in [5.74, 6) is -0.160. The van der Waals surface area contributed by atoms with Crippen molar-refractivity contribution in [3.8, 4) is 6.07 Å². The maximum Gasteiger partial charge on any atom is 0.433 e. The summed E-state index contributed by atoms with van der Waals surface area (Å²) >= 11 is 0. The molecule has 0 radical (unpaired) electrons. The van der Waals surface area contributed by atoms with E-state index in [-0.39, 0.29) is 17.9 Å².